The summed E-state index contributed by atoms with van der Waals surface area (Å²) in [5.41, 5.74) is 0. The van der Waals surface area contributed by atoms with E-state index in [0.29, 0.717) is 19.4 Å². The number of ether oxygens (including phenoxy) is 3. The fourth-order valence-corrected chi connectivity index (χ4v) is 12.5. The van der Waals surface area contributed by atoms with Crippen molar-refractivity contribution in [2.24, 2.45) is 0 Å². The highest BCUT2D eigenvalue weighted by Crippen LogP contribution is 2.24. The Morgan fingerprint density at radius 3 is 1.13 bits per heavy atom. The molecule has 0 aromatic heterocycles. The Hall–Kier alpha value is -2.90. The maximum atomic E-state index is 13.1. The summed E-state index contributed by atoms with van der Waals surface area (Å²) in [6.07, 6.45) is 88.1. The number of esters is 1. The fourth-order valence-electron chi connectivity index (χ4n) is 12.5. The van der Waals surface area contributed by atoms with Crippen LogP contribution in [0.15, 0.2) is 72.9 Å². The number of rotatable bonds is 71. The van der Waals surface area contributed by atoms with Gasteiger partial charge in [-0.05, 0) is 109 Å². The third-order valence-corrected chi connectivity index (χ3v) is 18.8. The largest absolute Gasteiger partial charge is 0.466 e. The number of aliphatic hydroxyl groups excluding tert-OH is 5. The van der Waals surface area contributed by atoms with E-state index in [9.17, 15) is 35.1 Å². The molecule has 0 saturated carbocycles. The van der Waals surface area contributed by atoms with Gasteiger partial charge in [-0.25, -0.2) is 0 Å². The molecule has 0 radical (unpaired) electrons. The normalized spacial score (nSPS) is 17.8. The molecule has 0 spiro atoms. The standard InChI is InChI=1S/C83H151NO10/c1-3-5-7-9-11-13-15-16-17-44-47-51-55-59-63-67-71-79(88)92-72-68-64-60-56-52-48-45-42-40-38-36-34-32-30-28-26-24-22-20-18-19-21-23-25-27-29-31-33-35-37-39-41-43-46-50-54-58-62-66-70-78(87)84-75(74-93-83-82(91)81(90)80(89)77(73-85)94-83)76(86)69-65-61-57-53-49-14-12-10-8-6-4-2/h13,15,17-19,22,24,44,49,53,65,69,75-77,80-83,85-86,89-91H,3-12,14,16,20-21,23,25-43,45-48,50-52,54-64,66-68,70-74H2,1-2H3,(H,84,87)/b15-13-,19-18-,24-22-,44-17-,53-49+,69-65+. The first-order valence-corrected chi connectivity index (χ1v) is 40.2. The second-order valence-corrected chi connectivity index (χ2v) is 27.7. The van der Waals surface area contributed by atoms with Gasteiger partial charge >= 0.3 is 5.97 Å². The van der Waals surface area contributed by atoms with E-state index in [-0.39, 0.29) is 18.5 Å². The molecule has 6 N–H and O–H groups in total. The van der Waals surface area contributed by atoms with Crippen molar-refractivity contribution < 1.29 is 49.3 Å². The van der Waals surface area contributed by atoms with Gasteiger partial charge < -0.3 is 45.1 Å². The SMILES string of the molecule is CCCCCC/C=C\C/C=C\CCCCCCCC(=O)OCCCCCCCCCCCCCCCCC/C=C\C/C=C\CCCCCCCCCCCCCCCCCCCC(=O)NC(COC1OC(CO)C(O)C(O)C1O)C(O)/C=C/CC/C=C/CCCCCCC. The molecular formula is C83H151NO10. The van der Waals surface area contributed by atoms with Crippen LogP contribution < -0.4 is 5.32 Å². The van der Waals surface area contributed by atoms with E-state index in [0.717, 1.165) is 70.6 Å². The number of allylic oxidation sites excluding steroid dienone is 11. The lowest BCUT2D eigenvalue weighted by atomic mass is 9.99. The van der Waals surface area contributed by atoms with Crippen molar-refractivity contribution in [3.05, 3.63) is 72.9 Å². The zero-order valence-electron chi connectivity index (χ0n) is 61.2. The maximum absolute atomic E-state index is 13.1. The first-order valence-electron chi connectivity index (χ1n) is 40.2. The fraction of sp³-hybridized carbons (Fsp3) is 0.831. The molecule has 7 atom stereocenters. The number of unbranched alkanes of at least 4 members (excludes halogenated alkanes) is 47. The summed E-state index contributed by atoms with van der Waals surface area (Å²) in [5.74, 6) is -0.188. The van der Waals surface area contributed by atoms with Crippen LogP contribution in [0.1, 0.15) is 380 Å². The van der Waals surface area contributed by atoms with Crippen LogP contribution in [0, 0.1) is 0 Å². The van der Waals surface area contributed by atoms with E-state index in [4.69, 9.17) is 14.2 Å². The molecule has 7 unspecified atom stereocenters. The third-order valence-electron chi connectivity index (χ3n) is 18.8. The lowest BCUT2D eigenvalue weighted by molar-refractivity contribution is -0.302. The predicted molar refractivity (Wildman–Crippen MR) is 398 cm³/mol. The smallest absolute Gasteiger partial charge is 0.305 e. The van der Waals surface area contributed by atoms with Gasteiger partial charge in [0.1, 0.15) is 24.4 Å². The molecule has 1 heterocycles. The Balaban J connectivity index is 1.89. The van der Waals surface area contributed by atoms with Gasteiger partial charge in [0, 0.05) is 12.8 Å². The number of carbonyl (C=O) groups is 2. The quantitative estimate of drug-likeness (QED) is 0.0195. The molecule has 0 aliphatic carbocycles. The van der Waals surface area contributed by atoms with Crippen LogP contribution in [-0.2, 0) is 23.8 Å². The van der Waals surface area contributed by atoms with Crippen molar-refractivity contribution in [2.45, 2.75) is 423 Å². The molecular weight excluding hydrogens is 1170 g/mol. The first-order chi connectivity index (χ1) is 46.2. The van der Waals surface area contributed by atoms with E-state index < -0.39 is 49.5 Å². The lowest BCUT2D eigenvalue weighted by Gasteiger charge is -2.40. The highest BCUT2D eigenvalue weighted by Gasteiger charge is 2.44. The highest BCUT2D eigenvalue weighted by molar-refractivity contribution is 5.76. The highest BCUT2D eigenvalue weighted by atomic mass is 16.7. The Labute approximate surface area is 579 Å². The van der Waals surface area contributed by atoms with Crippen molar-refractivity contribution in [3.63, 3.8) is 0 Å². The van der Waals surface area contributed by atoms with E-state index in [2.05, 4.69) is 79.9 Å². The molecule has 1 rings (SSSR count). The number of hydrogen-bond acceptors (Lipinski definition) is 10. The van der Waals surface area contributed by atoms with Crippen LogP contribution in [0.3, 0.4) is 0 Å². The van der Waals surface area contributed by atoms with Crippen molar-refractivity contribution in [1.29, 1.82) is 0 Å². The van der Waals surface area contributed by atoms with Gasteiger partial charge in [0.2, 0.25) is 5.91 Å². The van der Waals surface area contributed by atoms with E-state index in [1.165, 1.54) is 283 Å². The molecule has 0 aromatic carbocycles. The van der Waals surface area contributed by atoms with Crippen molar-refractivity contribution in [1.82, 2.24) is 5.32 Å². The van der Waals surface area contributed by atoms with Gasteiger partial charge in [0.25, 0.3) is 0 Å². The van der Waals surface area contributed by atoms with E-state index >= 15 is 0 Å². The summed E-state index contributed by atoms with van der Waals surface area (Å²) in [6, 6.07) is -0.826. The topological polar surface area (TPSA) is 175 Å². The summed E-state index contributed by atoms with van der Waals surface area (Å²) in [4.78, 5) is 25.2. The average molecular weight is 1320 g/mol. The van der Waals surface area contributed by atoms with Crippen LogP contribution in [0.4, 0.5) is 0 Å². The maximum Gasteiger partial charge on any atom is 0.305 e. The summed E-state index contributed by atoms with van der Waals surface area (Å²) in [7, 11) is 0. The predicted octanol–water partition coefficient (Wildman–Crippen LogP) is 21.8. The second kappa shape index (κ2) is 71.4. The van der Waals surface area contributed by atoms with E-state index in [1.807, 2.05) is 6.08 Å². The zero-order chi connectivity index (χ0) is 67.9. The Morgan fingerprint density at radius 2 is 0.723 bits per heavy atom. The molecule has 1 fully saturated rings. The monoisotopic (exact) mass is 1320 g/mol. The second-order valence-electron chi connectivity index (χ2n) is 27.7. The Bertz CT molecular complexity index is 1790. The van der Waals surface area contributed by atoms with Crippen molar-refractivity contribution >= 4 is 11.9 Å². The van der Waals surface area contributed by atoms with Gasteiger partial charge in [-0.3, -0.25) is 9.59 Å². The number of aliphatic hydroxyl groups is 5. The number of nitrogens with one attached hydrogen (secondary N) is 1. The number of carbonyl (C=O) groups excluding carboxylic acids is 2. The molecule has 548 valence electrons. The van der Waals surface area contributed by atoms with Crippen LogP contribution in [-0.4, -0.2) is 100 Å². The van der Waals surface area contributed by atoms with Gasteiger partial charge in [0.05, 0.1) is 32.0 Å². The summed E-state index contributed by atoms with van der Waals surface area (Å²) in [5, 5.41) is 54.4. The lowest BCUT2D eigenvalue weighted by Crippen LogP contribution is -2.60. The van der Waals surface area contributed by atoms with Crippen molar-refractivity contribution in [2.75, 3.05) is 19.8 Å². The van der Waals surface area contributed by atoms with Gasteiger partial charge in [0.15, 0.2) is 6.29 Å². The van der Waals surface area contributed by atoms with Crippen LogP contribution in [0.2, 0.25) is 0 Å². The summed E-state index contributed by atoms with van der Waals surface area (Å²) in [6.45, 7) is 4.32. The molecule has 0 aromatic rings. The minimum atomic E-state index is -1.58. The molecule has 0 bridgehead atoms. The summed E-state index contributed by atoms with van der Waals surface area (Å²) < 4.78 is 16.7. The number of hydrogen-bond donors (Lipinski definition) is 6. The first kappa shape index (κ1) is 89.1. The zero-order valence-corrected chi connectivity index (χ0v) is 61.2. The summed E-state index contributed by atoms with van der Waals surface area (Å²) >= 11 is 0. The van der Waals surface area contributed by atoms with E-state index in [1.54, 1.807) is 6.08 Å². The van der Waals surface area contributed by atoms with Crippen LogP contribution >= 0.6 is 0 Å². The molecule has 94 heavy (non-hydrogen) atoms. The molecule has 11 nitrogen and oxygen atoms in total. The molecule has 1 aliphatic rings. The molecule has 1 aliphatic heterocycles. The van der Waals surface area contributed by atoms with Crippen LogP contribution in [0.5, 0.6) is 0 Å². The Morgan fingerprint density at radius 1 is 0.394 bits per heavy atom. The van der Waals surface area contributed by atoms with Crippen LogP contribution in [0.25, 0.3) is 0 Å². The molecule has 1 amide bonds. The number of amides is 1. The van der Waals surface area contributed by atoms with Gasteiger partial charge in [-0.15, -0.1) is 0 Å². The van der Waals surface area contributed by atoms with Gasteiger partial charge in [-0.1, -0.05) is 331 Å². The minimum Gasteiger partial charge on any atom is -0.466 e. The molecule has 11 heteroatoms. The van der Waals surface area contributed by atoms with Crippen molar-refractivity contribution in [3.8, 4) is 0 Å². The minimum absolute atomic E-state index is 0.000864. The Kier molecular flexibility index (Phi) is 67.7. The third kappa shape index (κ3) is 59.2. The molecule has 1 saturated heterocycles. The average Bonchev–Trinajstić information content (AvgIpc) is 0.905. The van der Waals surface area contributed by atoms with Gasteiger partial charge in [-0.2, -0.15) is 0 Å².